The van der Waals surface area contributed by atoms with Crippen LogP contribution in [0.3, 0.4) is 0 Å². The number of hydrogen-bond donors (Lipinski definition) is 0. The molecule has 0 amide bonds. The number of benzene rings is 2. The SMILES string of the molecule is CC(C)(C)[C@]12C[C@@H](O[SiH](c3ccccc3)c3ccccc3)C[C@@H]1O2. The van der Waals surface area contributed by atoms with E-state index >= 15 is 0 Å². The van der Waals surface area contributed by atoms with Crippen molar-refractivity contribution in [3.63, 3.8) is 0 Å². The molecule has 126 valence electrons. The number of rotatable bonds is 4. The summed E-state index contributed by atoms with van der Waals surface area (Å²) in [5.74, 6) is 0. The Bertz CT molecular complexity index is 655. The highest BCUT2D eigenvalue weighted by atomic mass is 28.3. The molecular weight excluding hydrogens is 312 g/mol. The average Bonchev–Trinajstić information content (AvgIpc) is 3.17. The highest BCUT2D eigenvalue weighted by molar-refractivity contribution is 6.80. The van der Waals surface area contributed by atoms with Crippen LogP contribution in [0.15, 0.2) is 60.7 Å². The minimum atomic E-state index is -1.65. The third kappa shape index (κ3) is 2.75. The van der Waals surface area contributed by atoms with Crippen molar-refractivity contribution in [2.45, 2.75) is 51.4 Å². The summed E-state index contributed by atoms with van der Waals surface area (Å²) < 4.78 is 12.8. The summed E-state index contributed by atoms with van der Waals surface area (Å²) >= 11 is 0. The zero-order chi connectivity index (χ0) is 16.8. The average molecular weight is 339 g/mol. The van der Waals surface area contributed by atoms with Crippen LogP contribution in [0.4, 0.5) is 0 Å². The van der Waals surface area contributed by atoms with Gasteiger partial charge in [-0.2, -0.15) is 0 Å². The molecule has 2 aromatic carbocycles. The van der Waals surface area contributed by atoms with Crippen LogP contribution in [0.1, 0.15) is 33.6 Å². The number of ether oxygens (including phenoxy) is 1. The summed E-state index contributed by atoms with van der Waals surface area (Å²) in [6.45, 7) is 6.87. The van der Waals surface area contributed by atoms with Gasteiger partial charge < -0.3 is 9.16 Å². The maximum atomic E-state index is 6.76. The van der Waals surface area contributed by atoms with Crippen LogP contribution in [0.25, 0.3) is 0 Å². The Balaban J connectivity index is 1.56. The van der Waals surface area contributed by atoms with Crippen LogP contribution in [0.5, 0.6) is 0 Å². The second-order valence-corrected chi connectivity index (χ2v) is 10.5. The van der Waals surface area contributed by atoms with Crippen LogP contribution in [0, 0.1) is 5.41 Å². The van der Waals surface area contributed by atoms with E-state index in [1.54, 1.807) is 0 Å². The molecule has 2 fully saturated rings. The third-order valence-corrected chi connectivity index (χ3v) is 8.26. The highest BCUT2D eigenvalue weighted by Gasteiger charge is 2.68. The van der Waals surface area contributed by atoms with E-state index in [1.807, 2.05) is 0 Å². The van der Waals surface area contributed by atoms with Crippen molar-refractivity contribution < 1.29 is 9.16 Å². The minimum Gasteiger partial charge on any atom is -0.408 e. The molecule has 1 aliphatic heterocycles. The Labute approximate surface area is 146 Å². The Morgan fingerprint density at radius 3 is 1.96 bits per heavy atom. The van der Waals surface area contributed by atoms with Crippen molar-refractivity contribution in [3.8, 4) is 0 Å². The quantitative estimate of drug-likeness (QED) is 0.632. The first-order chi connectivity index (χ1) is 11.5. The fraction of sp³-hybridized carbons (Fsp3) is 0.429. The zero-order valence-electron chi connectivity index (χ0n) is 14.7. The molecule has 1 heterocycles. The van der Waals surface area contributed by atoms with E-state index in [1.165, 1.54) is 10.4 Å². The molecule has 1 aliphatic carbocycles. The first-order valence-electron chi connectivity index (χ1n) is 8.93. The van der Waals surface area contributed by atoms with E-state index in [0.717, 1.165) is 12.8 Å². The molecule has 2 nitrogen and oxygen atoms in total. The van der Waals surface area contributed by atoms with E-state index in [-0.39, 0.29) is 11.0 Å². The van der Waals surface area contributed by atoms with Crippen molar-refractivity contribution in [3.05, 3.63) is 60.7 Å². The maximum Gasteiger partial charge on any atom is 0.240 e. The first-order valence-corrected chi connectivity index (χ1v) is 10.6. The first kappa shape index (κ1) is 16.1. The van der Waals surface area contributed by atoms with Gasteiger partial charge in [0.2, 0.25) is 9.04 Å². The Morgan fingerprint density at radius 2 is 1.50 bits per heavy atom. The van der Waals surface area contributed by atoms with Crippen molar-refractivity contribution in [1.82, 2.24) is 0 Å². The molecule has 1 saturated carbocycles. The van der Waals surface area contributed by atoms with Crippen molar-refractivity contribution in [2.75, 3.05) is 0 Å². The van der Waals surface area contributed by atoms with Gasteiger partial charge in [-0.1, -0.05) is 81.4 Å². The number of epoxide rings is 1. The summed E-state index contributed by atoms with van der Waals surface area (Å²) in [7, 11) is -1.65. The lowest BCUT2D eigenvalue weighted by atomic mass is 9.79. The fourth-order valence-electron chi connectivity index (χ4n) is 4.17. The van der Waals surface area contributed by atoms with Gasteiger partial charge in [0.1, 0.15) is 5.60 Å². The van der Waals surface area contributed by atoms with Crippen molar-refractivity contribution >= 4 is 19.4 Å². The van der Waals surface area contributed by atoms with Gasteiger partial charge >= 0.3 is 0 Å². The Hall–Kier alpha value is -1.42. The van der Waals surface area contributed by atoms with E-state index in [0.29, 0.717) is 12.2 Å². The Morgan fingerprint density at radius 1 is 0.958 bits per heavy atom. The molecule has 24 heavy (non-hydrogen) atoms. The van der Waals surface area contributed by atoms with Crippen LogP contribution in [0.2, 0.25) is 0 Å². The second-order valence-electron chi connectivity index (χ2n) is 8.15. The topological polar surface area (TPSA) is 21.8 Å². The van der Waals surface area contributed by atoms with Gasteiger partial charge in [-0.3, -0.25) is 0 Å². The van der Waals surface area contributed by atoms with Crippen molar-refractivity contribution in [1.29, 1.82) is 0 Å². The van der Waals surface area contributed by atoms with Gasteiger partial charge in [0.25, 0.3) is 0 Å². The highest BCUT2D eigenvalue weighted by Crippen LogP contribution is 2.60. The summed E-state index contributed by atoms with van der Waals surface area (Å²) in [5, 5.41) is 2.71. The van der Waals surface area contributed by atoms with Crippen LogP contribution < -0.4 is 10.4 Å². The van der Waals surface area contributed by atoms with Gasteiger partial charge in [-0.05, 0) is 15.8 Å². The third-order valence-electron chi connectivity index (χ3n) is 5.63. The lowest BCUT2D eigenvalue weighted by molar-refractivity contribution is 0.0772. The molecule has 0 bridgehead atoms. The molecule has 0 radical (unpaired) electrons. The lowest BCUT2D eigenvalue weighted by Crippen LogP contribution is -2.47. The molecule has 0 N–H and O–H groups in total. The largest absolute Gasteiger partial charge is 0.408 e. The van der Waals surface area contributed by atoms with E-state index in [2.05, 4.69) is 81.4 Å². The predicted octanol–water partition coefficient (Wildman–Crippen LogP) is 2.89. The van der Waals surface area contributed by atoms with E-state index in [9.17, 15) is 0 Å². The minimum absolute atomic E-state index is 0.0456. The van der Waals surface area contributed by atoms with Gasteiger partial charge in [-0.15, -0.1) is 0 Å². The molecule has 0 aromatic heterocycles. The van der Waals surface area contributed by atoms with Crippen molar-refractivity contribution in [2.24, 2.45) is 5.41 Å². The number of fused-ring (bicyclic) bond motifs is 1. The smallest absolute Gasteiger partial charge is 0.240 e. The van der Waals surface area contributed by atoms with Gasteiger partial charge in [0.05, 0.1) is 12.2 Å². The molecule has 3 heteroatoms. The zero-order valence-corrected chi connectivity index (χ0v) is 15.9. The number of hydrogen-bond acceptors (Lipinski definition) is 2. The van der Waals surface area contributed by atoms with E-state index in [4.69, 9.17) is 9.16 Å². The lowest BCUT2D eigenvalue weighted by Gasteiger charge is -2.29. The molecular formula is C21H26O2Si. The van der Waals surface area contributed by atoms with Crippen LogP contribution >= 0.6 is 0 Å². The van der Waals surface area contributed by atoms with Gasteiger partial charge in [0.15, 0.2) is 0 Å². The summed E-state index contributed by atoms with van der Waals surface area (Å²) in [5.41, 5.74) is 0.232. The predicted molar refractivity (Wildman–Crippen MR) is 100 cm³/mol. The molecule has 0 spiro atoms. The standard InChI is InChI=1S/C21H26O2Si/c1-20(2,3)21-15-16(14-19(21)22-21)23-24(17-10-6-4-7-11-17)18-12-8-5-9-13-18/h4-13,16,19,24H,14-15H2,1-3H3/t16-,19-,21-/m0/s1. The summed E-state index contributed by atoms with van der Waals surface area (Å²) in [6.07, 6.45) is 2.79. The summed E-state index contributed by atoms with van der Waals surface area (Å²) in [6, 6.07) is 21.5. The Kier molecular flexibility index (Phi) is 3.90. The molecule has 4 rings (SSSR count). The fourth-order valence-corrected chi connectivity index (χ4v) is 6.60. The normalized spacial score (nSPS) is 28.8. The van der Waals surface area contributed by atoms with Crippen LogP contribution in [-0.2, 0) is 9.16 Å². The molecule has 2 aliphatic rings. The van der Waals surface area contributed by atoms with Gasteiger partial charge in [-0.25, -0.2) is 0 Å². The van der Waals surface area contributed by atoms with E-state index < -0.39 is 9.04 Å². The second kappa shape index (κ2) is 5.83. The van der Waals surface area contributed by atoms with Crippen LogP contribution in [-0.4, -0.2) is 26.8 Å². The molecule has 1 saturated heterocycles. The molecule has 0 unspecified atom stereocenters. The monoisotopic (exact) mass is 338 g/mol. The van der Waals surface area contributed by atoms with Gasteiger partial charge in [0, 0.05) is 12.8 Å². The molecule has 3 atom stereocenters. The molecule has 2 aromatic rings. The maximum absolute atomic E-state index is 6.76. The summed E-state index contributed by atoms with van der Waals surface area (Å²) in [4.78, 5) is 0.